The Labute approximate surface area is 91.7 Å². The summed E-state index contributed by atoms with van der Waals surface area (Å²) < 4.78 is 2.30. The molecule has 0 aliphatic heterocycles. The highest BCUT2D eigenvalue weighted by Crippen LogP contribution is 2.34. The fourth-order valence-electron chi connectivity index (χ4n) is 2.65. The van der Waals surface area contributed by atoms with Crippen molar-refractivity contribution in [1.82, 2.24) is 9.55 Å². The Balaban J connectivity index is 2.23. The number of hydrogen-bond acceptors (Lipinski definition) is 2. The second-order valence-electron chi connectivity index (χ2n) is 4.84. The summed E-state index contributed by atoms with van der Waals surface area (Å²) in [6.07, 6.45) is 9.18. The van der Waals surface area contributed by atoms with Gasteiger partial charge >= 0.3 is 0 Å². The van der Waals surface area contributed by atoms with E-state index in [0.717, 1.165) is 5.92 Å². The van der Waals surface area contributed by atoms with E-state index in [2.05, 4.69) is 16.5 Å². The maximum atomic E-state index is 5.95. The van der Waals surface area contributed by atoms with Crippen molar-refractivity contribution in [2.75, 3.05) is 0 Å². The van der Waals surface area contributed by atoms with Gasteiger partial charge in [-0.25, -0.2) is 4.98 Å². The summed E-state index contributed by atoms with van der Waals surface area (Å²) in [5.41, 5.74) is 7.13. The van der Waals surface area contributed by atoms with Gasteiger partial charge in [0.1, 0.15) is 0 Å². The van der Waals surface area contributed by atoms with E-state index < -0.39 is 0 Å². The lowest BCUT2D eigenvalue weighted by molar-refractivity contribution is 0.251. The van der Waals surface area contributed by atoms with Gasteiger partial charge in [-0.15, -0.1) is 0 Å². The molecule has 1 aliphatic rings. The molecule has 3 heteroatoms. The van der Waals surface area contributed by atoms with Crippen molar-refractivity contribution >= 4 is 0 Å². The molecule has 1 aliphatic carbocycles. The van der Waals surface area contributed by atoms with Crippen LogP contribution in [-0.2, 0) is 0 Å². The average Bonchev–Trinajstić information content (AvgIpc) is 2.67. The Kier molecular flexibility index (Phi) is 3.10. The first-order chi connectivity index (χ1) is 7.20. The molecule has 2 N–H and O–H groups in total. The third-order valence-electron chi connectivity index (χ3n) is 3.59. The lowest BCUT2D eigenvalue weighted by Crippen LogP contribution is -2.24. The molecule has 15 heavy (non-hydrogen) atoms. The minimum atomic E-state index is 0.0848. The molecule has 0 radical (unpaired) electrons. The molecule has 3 unspecified atom stereocenters. The zero-order chi connectivity index (χ0) is 10.8. The Bertz CT molecular complexity index is 316. The van der Waals surface area contributed by atoms with E-state index in [9.17, 15) is 0 Å². The van der Waals surface area contributed by atoms with Gasteiger partial charge in [0.15, 0.2) is 0 Å². The van der Waals surface area contributed by atoms with Gasteiger partial charge in [-0.05, 0) is 25.7 Å². The first-order valence-corrected chi connectivity index (χ1v) is 5.97. The Morgan fingerprint density at radius 3 is 2.87 bits per heavy atom. The maximum Gasteiger partial charge on any atom is 0.0951 e. The van der Waals surface area contributed by atoms with Gasteiger partial charge in [-0.3, -0.25) is 0 Å². The summed E-state index contributed by atoms with van der Waals surface area (Å²) in [4.78, 5) is 4.24. The van der Waals surface area contributed by atoms with Crippen LogP contribution in [-0.4, -0.2) is 9.55 Å². The van der Waals surface area contributed by atoms with Crippen LogP contribution >= 0.6 is 0 Å². The standard InChI is InChI=1S/C12H21N3/c1-9-5-3-4-6-11(9)15-8-14-7-12(15)10(2)13/h7-11H,3-6,13H2,1-2H3. The van der Waals surface area contributed by atoms with Crippen LogP contribution in [0.15, 0.2) is 12.5 Å². The van der Waals surface area contributed by atoms with E-state index in [1.807, 2.05) is 19.4 Å². The molecule has 3 atom stereocenters. The fraction of sp³-hybridized carbons (Fsp3) is 0.750. The van der Waals surface area contributed by atoms with Gasteiger partial charge in [0, 0.05) is 18.3 Å². The zero-order valence-corrected chi connectivity index (χ0v) is 9.69. The molecule has 0 bridgehead atoms. The van der Waals surface area contributed by atoms with E-state index in [1.54, 1.807) is 0 Å². The first-order valence-electron chi connectivity index (χ1n) is 5.97. The molecular weight excluding hydrogens is 186 g/mol. The van der Waals surface area contributed by atoms with Gasteiger partial charge < -0.3 is 10.3 Å². The van der Waals surface area contributed by atoms with Gasteiger partial charge in [0.2, 0.25) is 0 Å². The lowest BCUT2D eigenvalue weighted by atomic mass is 9.85. The zero-order valence-electron chi connectivity index (χ0n) is 9.69. The van der Waals surface area contributed by atoms with Crippen molar-refractivity contribution in [3.8, 4) is 0 Å². The fourth-order valence-corrected chi connectivity index (χ4v) is 2.65. The van der Waals surface area contributed by atoms with Crippen LogP contribution in [0.4, 0.5) is 0 Å². The topological polar surface area (TPSA) is 43.8 Å². The molecule has 0 saturated heterocycles. The number of nitrogens with zero attached hydrogens (tertiary/aromatic N) is 2. The summed E-state index contributed by atoms with van der Waals surface area (Å²) >= 11 is 0. The van der Waals surface area contributed by atoms with Gasteiger partial charge in [0.05, 0.1) is 12.0 Å². The summed E-state index contributed by atoms with van der Waals surface area (Å²) in [6, 6.07) is 0.698. The van der Waals surface area contributed by atoms with E-state index in [1.165, 1.54) is 31.4 Å². The Morgan fingerprint density at radius 1 is 1.47 bits per heavy atom. The number of hydrogen-bond donors (Lipinski definition) is 1. The summed E-state index contributed by atoms with van der Waals surface area (Å²) in [7, 11) is 0. The number of aromatic nitrogens is 2. The SMILES string of the molecule is CC(N)c1cncn1C1CCCCC1C. The monoisotopic (exact) mass is 207 g/mol. The largest absolute Gasteiger partial charge is 0.330 e. The van der Waals surface area contributed by atoms with Crippen molar-refractivity contribution < 1.29 is 0 Å². The van der Waals surface area contributed by atoms with Crippen molar-refractivity contribution in [2.24, 2.45) is 11.7 Å². The van der Waals surface area contributed by atoms with Crippen LogP contribution in [0, 0.1) is 5.92 Å². The molecule has 1 aromatic heterocycles. The highest BCUT2D eigenvalue weighted by Gasteiger charge is 2.24. The molecular formula is C12H21N3. The minimum Gasteiger partial charge on any atom is -0.330 e. The smallest absolute Gasteiger partial charge is 0.0951 e. The van der Waals surface area contributed by atoms with Crippen LogP contribution in [0.25, 0.3) is 0 Å². The number of imidazole rings is 1. The highest BCUT2D eigenvalue weighted by molar-refractivity contribution is 5.05. The maximum absolute atomic E-state index is 5.95. The molecule has 2 rings (SSSR count). The number of rotatable bonds is 2. The first kappa shape index (κ1) is 10.7. The van der Waals surface area contributed by atoms with E-state index in [0.29, 0.717) is 6.04 Å². The third-order valence-corrected chi connectivity index (χ3v) is 3.59. The third kappa shape index (κ3) is 2.07. The molecule has 3 nitrogen and oxygen atoms in total. The van der Waals surface area contributed by atoms with Gasteiger partial charge in [-0.2, -0.15) is 0 Å². The van der Waals surface area contributed by atoms with E-state index in [-0.39, 0.29) is 6.04 Å². The molecule has 1 aromatic rings. The second-order valence-corrected chi connectivity index (χ2v) is 4.84. The normalized spacial score (nSPS) is 29.0. The van der Waals surface area contributed by atoms with Crippen LogP contribution in [0.3, 0.4) is 0 Å². The molecule has 1 saturated carbocycles. The summed E-state index contributed by atoms with van der Waals surface area (Å²) in [5.74, 6) is 0.755. The Morgan fingerprint density at radius 2 is 2.20 bits per heavy atom. The highest BCUT2D eigenvalue weighted by atomic mass is 15.1. The van der Waals surface area contributed by atoms with Crippen LogP contribution < -0.4 is 5.73 Å². The van der Waals surface area contributed by atoms with Gasteiger partial charge in [0.25, 0.3) is 0 Å². The average molecular weight is 207 g/mol. The molecule has 0 amide bonds. The predicted molar refractivity (Wildman–Crippen MR) is 61.5 cm³/mol. The molecule has 1 fully saturated rings. The lowest BCUT2D eigenvalue weighted by Gasteiger charge is -2.31. The second kappa shape index (κ2) is 4.35. The summed E-state index contributed by atoms with van der Waals surface area (Å²) in [6.45, 7) is 4.37. The van der Waals surface area contributed by atoms with Gasteiger partial charge in [-0.1, -0.05) is 19.8 Å². The van der Waals surface area contributed by atoms with Crippen molar-refractivity contribution in [3.05, 3.63) is 18.2 Å². The quantitative estimate of drug-likeness (QED) is 0.810. The van der Waals surface area contributed by atoms with Crippen molar-refractivity contribution in [2.45, 2.75) is 51.6 Å². The Hall–Kier alpha value is -0.830. The summed E-state index contributed by atoms with van der Waals surface area (Å²) in [5, 5.41) is 0. The van der Waals surface area contributed by atoms with Crippen LogP contribution in [0.2, 0.25) is 0 Å². The predicted octanol–water partition coefficient (Wildman–Crippen LogP) is 2.65. The number of nitrogens with two attached hydrogens (primary N) is 1. The molecule has 0 aromatic carbocycles. The van der Waals surface area contributed by atoms with Crippen LogP contribution in [0.1, 0.15) is 57.3 Å². The molecule has 1 heterocycles. The van der Waals surface area contributed by atoms with E-state index >= 15 is 0 Å². The van der Waals surface area contributed by atoms with Crippen LogP contribution in [0.5, 0.6) is 0 Å². The minimum absolute atomic E-state index is 0.0848. The van der Waals surface area contributed by atoms with Crippen molar-refractivity contribution in [1.29, 1.82) is 0 Å². The van der Waals surface area contributed by atoms with E-state index in [4.69, 9.17) is 5.73 Å². The molecule has 84 valence electrons. The molecule has 0 spiro atoms. The van der Waals surface area contributed by atoms with Crippen molar-refractivity contribution in [3.63, 3.8) is 0 Å².